The highest BCUT2D eigenvalue weighted by atomic mass is 79.9. The molecule has 1 nitrogen and oxygen atoms in total. The Balaban J connectivity index is 2.33. The molecule has 0 N–H and O–H groups in total. The predicted octanol–water partition coefficient (Wildman–Crippen LogP) is 6.86. The van der Waals surface area contributed by atoms with Gasteiger partial charge in [-0.1, -0.05) is 59.9 Å². The average Bonchev–Trinajstić information content (AvgIpc) is 2.40. The van der Waals surface area contributed by atoms with Crippen LogP contribution in [0.3, 0.4) is 0 Å². The third-order valence-electron chi connectivity index (χ3n) is 2.78. The molecule has 0 aromatic heterocycles. The monoisotopic (exact) mass is 524 g/mol. The topological polar surface area (TPSA) is 9.23 Å². The molecule has 0 fully saturated rings. The van der Waals surface area contributed by atoms with Crippen molar-refractivity contribution in [1.82, 2.24) is 0 Å². The number of ether oxygens (including phenoxy) is 1. The van der Waals surface area contributed by atoms with Gasteiger partial charge in [-0.15, -0.1) is 0 Å². The summed E-state index contributed by atoms with van der Waals surface area (Å²) in [5, 5.41) is 0. The highest BCUT2D eigenvalue weighted by molar-refractivity contribution is 9.11. The summed E-state index contributed by atoms with van der Waals surface area (Å²) in [4.78, 5) is 0.122. The van der Waals surface area contributed by atoms with Crippen molar-refractivity contribution in [2.24, 2.45) is 0 Å². The Hall–Kier alpha value is 0.160. The number of alkyl halides is 1. The van der Waals surface area contributed by atoms with E-state index in [1.807, 2.05) is 25.1 Å². The molecule has 0 aliphatic heterocycles. The van der Waals surface area contributed by atoms with Gasteiger partial charge in [0.2, 0.25) is 0 Å². The summed E-state index contributed by atoms with van der Waals surface area (Å²) < 4.78 is 8.63. The van der Waals surface area contributed by atoms with Gasteiger partial charge in [0.25, 0.3) is 0 Å². The SMILES string of the molecule is CCOc1ccc(C(Br)c2ccc(Br)cc2Br)cc1Br. The molecule has 2 rings (SSSR count). The van der Waals surface area contributed by atoms with Crippen LogP contribution < -0.4 is 4.74 Å². The summed E-state index contributed by atoms with van der Waals surface area (Å²) in [6, 6.07) is 12.3. The van der Waals surface area contributed by atoms with E-state index in [0.29, 0.717) is 6.61 Å². The largest absolute Gasteiger partial charge is 0.493 e. The molecule has 1 atom stereocenters. The van der Waals surface area contributed by atoms with Crippen molar-refractivity contribution in [2.75, 3.05) is 6.61 Å². The maximum absolute atomic E-state index is 5.54. The summed E-state index contributed by atoms with van der Waals surface area (Å²) in [6.45, 7) is 2.64. The number of halogens is 4. The standard InChI is InChI=1S/C15H12Br4O/c1-2-20-14-6-3-9(7-13(14)18)15(19)11-5-4-10(16)8-12(11)17/h3-8,15H,2H2,1H3. The van der Waals surface area contributed by atoms with Crippen molar-refractivity contribution in [1.29, 1.82) is 0 Å². The highest BCUT2D eigenvalue weighted by Gasteiger charge is 2.15. The van der Waals surface area contributed by atoms with E-state index < -0.39 is 0 Å². The molecule has 0 aliphatic rings. The fourth-order valence-electron chi connectivity index (χ4n) is 1.83. The van der Waals surface area contributed by atoms with Gasteiger partial charge in [0.05, 0.1) is 15.9 Å². The Morgan fingerprint density at radius 1 is 1.00 bits per heavy atom. The number of benzene rings is 2. The van der Waals surface area contributed by atoms with Gasteiger partial charge in [-0.3, -0.25) is 0 Å². The van der Waals surface area contributed by atoms with Crippen LogP contribution >= 0.6 is 63.7 Å². The number of rotatable bonds is 4. The van der Waals surface area contributed by atoms with Crippen LogP contribution in [0.25, 0.3) is 0 Å². The molecular weight excluding hydrogens is 516 g/mol. The van der Waals surface area contributed by atoms with Crippen LogP contribution in [0.4, 0.5) is 0 Å². The molecule has 20 heavy (non-hydrogen) atoms. The van der Waals surface area contributed by atoms with Crippen molar-refractivity contribution < 1.29 is 4.74 Å². The lowest BCUT2D eigenvalue weighted by molar-refractivity contribution is 0.338. The Bertz CT molecular complexity index is 613. The molecule has 0 radical (unpaired) electrons. The summed E-state index contributed by atoms with van der Waals surface area (Å²) in [7, 11) is 0. The quantitative estimate of drug-likeness (QED) is 0.395. The summed E-state index contributed by atoms with van der Waals surface area (Å²) in [5.41, 5.74) is 2.35. The molecule has 0 bridgehead atoms. The molecule has 1 unspecified atom stereocenters. The van der Waals surface area contributed by atoms with Crippen molar-refractivity contribution in [3.8, 4) is 5.75 Å². The van der Waals surface area contributed by atoms with Crippen LogP contribution in [0.5, 0.6) is 5.75 Å². The van der Waals surface area contributed by atoms with Gasteiger partial charge in [-0.05, 0) is 58.2 Å². The molecule has 0 amide bonds. The van der Waals surface area contributed by atoms with Crippen LogP contribution in [0.15, 0.2) is 49.8 Å². The van der Waals surface area contributed by atoms with E-state index >= 15 is 0 Å². The minimum Gasteiger partial charge on any atom is -0.493 e. The van der Waals surface area contributed by atoms with E-state index in [-0.39, 0.29) is 4.83 Å². The first-order valence-corrected chi connectivity index (χ1v) is 9.33. The lowest BCUT2D eigenvalue weighted by Crippen LogP contribution is -1.97. The van der Waals surface area contributed by atoms with Crippen molar-refractivity contribution in [3.05, 3.63) is 60.9 Å². The Kier molecular flexibility index (Phi) is 6.14. The van der Waals surface area contributed by atoms with Crippen LogP contribution in [0.1, 0.15) is 22.9 Å². The van der Waals surface area contributed by atoms with Crippen molar-refractivity contribution in [3.63, 3.8) is 0 Å². The number of hydrogen-bond donors (Lipinski definition) is 0. The van der Waals surface area contributed by atoms with E-state index in [1.54, 1.807) is 0 Å². The molecule has 0 heterocycles. The van der Waals surface area contributed by atoms with E-state index in [9.17, 15) is 0 Å². The van der Waals surface area contributed by atoms with Gasteiger partial charge < -0.3 is 4.74 Å². The zero-order chi connectivity index (χ0) is 14.7. The Morgan fingerprint density at radius 2 is 1.75 bits per heavy atom. The second-order valence-corrected chi connectivity index (χ2v) is 7.69. The first-order valence-electron chi connectivity index (χ1n) is 6.04. The van der Waals surface area contributed by atoms with Crippen LogP contribution in [0.2, 0.25) is 0 Å². The molecule has 0 saturated heterocycles. The van der Waals surface area contributed by atoms with Gasteiger partial charge in [0, 0.05) is 8.95 Å². The molecule has 5 heteroatoms. The average molecular weight is 528 g/mol. The Labute approximate surface area is 152 Å². The molecule has 2 aromatic carbocycles. The van der Waals surface area contributed by atoms with E-state index in [0.717, 1.165) is 19.2 Å². The summed E-state index contributed by atoms with van der Waals surface area (Å²) in [6.07, 6.45) is 0. The van der Waals surface area contributed by atoms with E-state index in [2.05, 4.69) is 81.9 Å². The molecular formula is C15H12Br4O. The van der Waals surface area contributed by atoms with E-state index in [4.69, 9.17) is 4.74 Å². The third kappa shape index (κ3) is 3.87. The maximum atomic E-state index is 5.54. The lowest BCUT2D eigenvalue weighted by Gasteiger charge is -2.15. The zero-order valence-corrected chi connectivity index (χ0v) is 17.0. The molecule has 0 saturated carbocycles. The van der Waals surface area contributed by atoms with Crippen molar-refractivity contribution >= 4 is 63.7 Å². The second kappa shape index (κ2) is 7.43. The van der Waals surface area contributed by atoms with Gasteiger partial charge in [-0.25, -0.2) is 0 Å². The first kappa shape index (κ1) is 16.5. The minimum atomic E-state index is 0.122. The van der Waals surface area contributed by atoms with Crippen molar-refractivity contribution in [2.45, 2.75) is 11.8 Å². The zero-order valence-electron chi connectivity index (χ0n) is 10.7. The number of hydrogen-bond acceptors (Lipinski definition) is 1. The molecule has 0 spiro atoms. The van der Waals surface area contributed by atoms with Crippen LogP contribution in [-0.2, 0) is 0 Å². The van der Waals surface area contributed by atoms with E-state index in [1.165, 1.54) is 11.1 Å². The second-order valence-electron chi connectivity index (χ2n) is 4.15. The summed E-state index contributed by atoms with van der Waals surface area (Å²) >= 11 is 14.4. The van der Waals surface area contributed by atoms with Gasteiger partial charge in [0.1, 0.15) is 5.75 Å². The minimum absolute atomic E-state index is 0.122. The highest BCUT2D eigenvalue weighted by Crippen LogP contribution is 2.39. The van der Waals surface area contributed by atoms with Crippen LogP contribution in [0, 0.1) is 0 Å². The predicted molar refractivity (Wildman–Crippen MR) is 97.9 cm³/mol. The Morgan fingerprint density at radius 3 is 2.35 bits per heavy atom. The lowest BCUT2D eigenvalue weighted by atomic mass is 10.0. The maximum Gasteiger partial charge on any atom is 0.133 e. The molecule has 2 aromatic rings. The fraction of sp³-hybridized carbons (Fsp3) is 0.200. The normalized spacial score (nSPS) is 12.2. The third-order valence-corrected chi connectivity index (χ3v) is 5.61. The summed E-state index contributed by atoms with van der Waals surface area (Å²) in [5.74, 6) is 0.867. The molecule has 106 valence electrons. The van der Waals surface area contributed by atoms with Gasteiger partial charge in [0.15, 0.2) is 0 Å². The first-order chi connectivity index (χ1) is 9.52. The van der Waals surface area contributed by atoms with Crippen LogP contribution in [-0.4, -0.2) is 6.61 Å². The smallest absolute Gasteiger partial charge is 0.133 e. The van der Waals surface area contributed by atoms with Gasteiger partial charge in [-0.2, -0.15) is 0 Å². The fourth-order valence-corrected chi connectivity index (χ4v) is 4.61. The van der Waals surface area contributed by atoms with Gasteiger partial charge >= 0.3 is 0 Å². The molecule has 0 aliphatic carbocycles.